The first kappa shape index (κ1) is 17.6. The molecular weight excluding hydrogens is 294 g/mol. The van der Waals surface area contributed by atoms with E-state index in [1.807, 2.05) is 13.8 Å². The normalized spacial score (nSPS) is 11.8. The van der Waals surface area contributed by atoms with Gasteiger partial charge in [-0.1, -0.05) is 25.6 Å². The van der Waals surface area contributed by atoms with Crippen molar-refractivity contribution in [2.24, 2.45) is 0 Å². The maximum atomic E-state index is 12.1. The Hall–Kier alpha value is -1.45. The van der Waals surface area contributed by atoms with Gasteiger partial charge in [-0.2, -0.15) is 4.68 Å². The minimum Gasteiger partial charge on any atom is -0.329 e. The summed E-state index contributed by atoms with van der Waals surface area (Å²) in [6.45, 7) is 3.85. The lowest BCUT2D eigenvalue weighted by Crippen LogP contribution is -2.43. The molecule has 0 unspecified atom stereocenters. The van der Waals surface area contributed by atoms with Gasteiger partial charge < -0.3 is 4.90 Å². The highest BCUT2D eigenvalue weighted by Gasteiger charge is 2.26. The smallest absolute Gasteiger partial charge is 0.329 e. The van der Waals surface area contributed by atoms with Gasteiger partial charge in [0.15, 0.2) is 11.0 Å². The predicted molar refractivity (Wildman–Crippen MR) is 78.2 cm³/mol. The summed E-state index contributed by atoms with van der Waals surface area (Å²) in [7, 11) is 5.98. The SMILES string of the molecule is CC(C)c1nc(SCC(=O)[N+](C)(C)O)n(C(=O)N(C)C)n1. The second kappa shape index (κ2) is 6.54. The Morgan fingerprint density at radius 2 is 1.95 bits per heavy atom. The summed E-state index contributed by atoms with van der Waals surface area (Å²) >= 11 is 1.08. The summed E-state index contributed by atoms with van der Waals surface area (Å²) in [6.07, 6.45) is 0. The number of hydrogen-bond acceptors (Lipinski definition) is 6. The molecule has 9 heteroatoms. The Balaban J connectivity index is 2.99. The molecule has 8 nitrogen and oxygen atoms in total. The van der Waals surface area contributed by atoms with Crippen LogP contribution in [-0.4, -0.2) is 75.4 Å². The summed E-state index contributed by atoms with van der Waals surface area (Å²) in [5.41, 5.74) is 0. The number of thioether (sulfide) groups is 1. The highest BCUT2D eigenvalue weighted by molar-refractivity contribution is 7.99. The average Bonchev–Trinajstić information content (AvgIpc) is 2.77. The maximum absolute atomic E-state index is 12.1. The van der Waals surface area contributed by atoms with Crippen molar-refractivity contribution in [2.75, 3.05) is 33.9 Å². The highest BCUT2D eigenvalue weighted by Crippen LogP contribution is 2.20. The molecule has 0 aliphatic rings. The van der Waals surface area contributed by atoms with Gasteiger partial charge >= 0.3 is 11.9 Å². The lowest BCUT2D eigenvalue weighted by atomic mass is 10.2. The first-order valence-corrected chi connectivity index (χ1v) is 7.44. The fourth-order valence-electron chi connectivity index (χ4n) is 1.25. The third-order valence-electron chi connectivity index (χ3n) is 2.61. The number of carbonyl (C=O) groups excluding carboxylic acids is 2. The van der Waals surface area contributed by atoms with E-state index in [1.54, 1.807) is 14.1 Å². The van der Waals surface area contributed by atoms with Crippen molar-refractivity contribution in [2.45, 2.75) is 24.9 Å². The Kier molecular flexibility index (Phi) is 5.48. The monoisotopic (exact) mass is 316 g/mol. The third kappa shape index (κ3) is 4.51. The molecule has 2 amide bonds. The van der Waals surface area contributed by atoms with E-state index in [9.17, 15) is 14.8 Å². The minimum absolute atomic E-state index is 0.000434. The van der Waals surface area contributed by atoms with E-state index in [4.69, 9.17) is 0 Å². The van der Waals surface area contributed by atoms with Gasteiger partial charge in [0, 0.05) is 20.0 Å². The van der Waals surface area contributed by atoms with E-state index in [2.05, 4.69) is 10.1 Å². The van der Waals surface area contributed by atoms with Crippen molar-refractivity contribution in [3.8, 4) is 0 Å². The molecule has 0 aliphatic heterocycles. The standard InChI is InChI=1S/C12H22N5O3S/c1-8(2)10-13-11(16(14-10)12(19)15(3)4)21-7-9(18)17(5,6)20/h8,20H,7H2,1-6H3/q+1. The lowest BCUT2D eigenvalue weighted by molar-refractivity contribution is -1.01. The van der Waals surface area contributed by atoms with Gasteiger partial charge in [-0.3, -0.25) is 0 Å². The van der Waals surface area contributed by atoms with E-state index < -0.39 is 10.6 Å². The molecule has 0 spiro atoms. The topological polar surface area (TPSA) is 88.3 Å². The zero-order valence-corrected chi connectivity index (χ0v) is 14.0. The fraction of sp³-hybridized carbons (Fsp3) is 0.667. The van der Waals surface area contributed by atoms with Gasteiger partial charge in [0.05, 0.1) is 0 Å². The maximum Gasteiger partial charge on any atom is 0.355 e. The first-order valence-electron chi connectivity index (χ1n) is 6.45. The summed E-state index contributed by atoms with van der Waals surface area (Å²) in [5, 5.41) is 14.1. The van der Waals surface area contributed by atoms with Crippen LogP contribution >= 0.6 is 11.8 Å². The zero-order valence-electron chi connectivity index (χ0n) is 13.2. The van der Waals surface area contributed by atoms with Crippen LogP contribution in [-0.2, 0) is 4.79 Å². The van der Waals surface area contributed by atoms with Gasteiger partial charge in [0.2, 0.25) is 0 Å². The number of hydrogen-bond donors (Lipinski definition) is 1. The van der Waals surface area contributed by atoms with Crippen LogP contribution < -0.4 is 0 Å². The number of rotatable bonds is 4. The summed E-state index contributed by atoms with van der Waals surface area (Å²) < 4.78 is 0.421. The van der Waals surface area contributed by atoms with Crippen molar-refractivity contribution < 1.29 is 19.4 Å². The third-order valence-corrected chi connectivity index (χ3v) is 3.52. The van der Waals surface area contributed by atoms with E-state index in [0.717, 1.165) is 11.8 Å². The predicted octanol–water partition coefficient (Wildman–Crippen LogP) is 1.02. The van der Waals surface area contributed by atoms with Crippen LogP contribution in [0.5, 0.6) is 0 Å². The van der Waals surface area contributed by atoms with Crippen molar-refractivity contribution in [1.29, 1.82) is 0 Å². The Bertz CT molecular complexity index is 533. The van der Waals surface area contributed by atoms with Crippen LogP contribution in [0.3, 0.4) is 0 Å². The van der Waals surface area contributed by atoms with Crippen molar-refractivity contribution in [1.82, 2.24) is 19.7 Å². The zero-order chi connectivity index (χ0) is 16.4. The first-order chi connectivity index (χ1) is 9.54. The van der Waals surface area contributed by atoms with Gasteiger partial charge in [0.25, 0.3) is 0 Å². The lowest BCUT2D eigenvalue weighted by Gasteiger charge is -2.16. The molecule has 1 aromatic heterocycles. The Labute approximate surface area is 128 Å². The number of aromatic nitrogens is 3. The molecule has 0 saturated carbocycles. The minimum atomic E-state index is -0.764. The molecule has 0 bridgehead atoms. The molecule has 0 saturated heterocycles. The Morgan fingerprint density at radius 3 is 2.38 bits per heavy atom. The molecular formula is C12H22N5O3S+. The molecule has 0 atom stereocenters. The largest absolute Gasteiger partial charge is 0.355 e. The summed E-state index contributed by atoms with van der Waals surface area (Å²) in [4.78, 5) is 29.5. The summed E-state index contributed by atoms with van der Waals surface area (Å²) in [5.74, 6) is 0.220. The average molecular weight is 316 g/mol. The van der Waals surface area contributed by atoms with Gasteiger partial charge in [-0.25, -0.2) is 19.8 Å². The van der Waals surface area contributed by atoms with Crippen molar-refractivity contribution in [3.05, 3.63) is 5.82 Å². The molecule has 0 fully saturated rings. The molecule has 1 N–H and O–H groups in total. The fourth-order valence-corrected chi connectivity index (χ4v) is 2.22. The second-order valence-electron chi connectivity index (χ2n) is 5.57. The van der Waals surface area contributed by atoms with Crippen LogP contribution in [0.1, 0.15) is 25.6 Å². The van der Waals surface area contributed by atoms with E-state index in [-0.39, 0.29) is 17.7 Å². The van der Waals surface area contributed by atoms with E-state index in [0.29, 0.717) is 11.0 Å². The van der Waals surface area contributed by atoms with Crippen LogP contribution in [0.15, 0.2) is 5.16 Å². The van der Waals surface area contributed by atoms with Crippen LogP contribution in [0.2, 0.25) is 0 Å². The number of carbonyl (C=O) groups is 2. The number of quaternary nitrogens is 1. The highest BCUT2D eigenvalue weighted by atomic mass is 32.2. The molecule has 0 radical (unpaired) electrons. The van der Waals surface area contributed by atoms with Crippen LogP contribution in [0, 0.1) is 0 Å². The second-order valence-corrected chi connectivity index (χ2v) is 6.52. The number of hydroxylamine groups is 3. The van der Waals surface area contributed by atoms with E-state index in [1.165, 1.54) is 23.7 Å². The van der Waals surface area contributed by atoms with Crippen molar-refractivity contribution >= 4 is 23.7 Å². The molecule has 0 aromatic carbocycles. The summed E-state index contributed by atoms with van der Waals surface area (Å²) in [6, 6.07) is -0.331. The molecule has 1 rings (SSSR count). The quantitative estimate of drug-likeness (QED) is 0.386. The van der Waals surface area contributed by atoms with Gasteiger partial charge in [-0.15, -0.1) is 9.75 Å². The number of nitrogens with zero attached hydrogens (tertiary/aromatic N) is 5. The molecule has 1 aromatic rings. The number of amides is 2. The van der Waals surface area contributed by atoms with Crippen molar-refractivity contribution in [3.63, 3.8) is 0 Å². The molecule has 1 heterocycles. The molecule has 118 valence electrons. The van der Waals surface area contributed by atoms with Gasteiger partial charge in [-0.05, 0) is 0 Å². The van der Waals surface area contributed by atoms with E-state index >= 15 is 0 Å². The van der Waals surface area contributed by atoms with Gasteiger partial charge in [0.1, 0.15) is 19.8 Å². The van der Waals surface area contributed by atoms with Crippen LogP contribution in [0.25, 0.3) is 0 Å². The Morgan fingerprint density at radius 1 is 1.38 bits per heavy atom. The molecule has 0 aliphatic carbocycles. The molecule has 21 heavy (non-hydrogen) atoms. The van der Waals surface area contributed by atoms with Crippen LogP contribution in [0.4, 0.5) is 4.79 Å².